The molecular weight excluding hydrogens is 387 g/mol. The van der Waals surface area contributed by atoms with E-state index in [2.05, 4.69) is 25.5 Å². The third kappa shape index (κ3) is 5.13. The van der Waals surface area contributed by atoms with E-state index >= 15 is 0 Å². The van der Waals surface area contributed by atoms with Gasteiger partial charge in [-0.15, -0.1) is 5.10 Å². The molecule has 152 valence electrons. The van der Waals surface area contributed by atoms with Crippen LogP contribution in [-0.4, -0.2) is 30.8 Å². The van der Waals surface area contributed by atoms with E-state index in [-0.39, 0.29) is 24.1 Å². The second kappa shape index (κ2) is 9.08. The minimum absolute atomic E-state index is 0.189. The van der Waals surface area contributed by atoms with Crippen molar-refractivity contribution in [2.24, 2.45) is 0 Å². The maximum atomic E-state index is 13.0. The zero-order valence-electron chi connectivity index (χ0n) is 16.0. The lowest BCUT2D eigenvalue weighted by Crippen LogP contribution is -2.13. The van der Waals surface area contributed by atoms with Gasteiger partial charge in [-0.25, -0.2) is 14.1 Å². The Hall–Kier alpha value is -3.88. The molecule has 0 saturated carbocycles. The van der Waals surface area contributed by atoms with Crippen molar-refractivity contribution in [1.82, 2.24) is 24.9 Å². The fourth-order valence-electron chi connectivity index (χ4n) is 2.86. The number of nitrogens with zero attached hydrogens (tertiary/aromatic N) is 5. The van der Waals surface area contributed by atoms with Crippen molar-refractivity contribution >= 4 is 11.9 Å². The van der Waals surface area contributed by atoms with Crippen LogP contribution in [0.25, 0.3) is 11.4 Å². The number of benzene rings is 2. The first-order valence-corrected chi connectivity index (χ1v) is 9.47. The number of amides is 1. The van der Waals surface area contributed by atoms with Crippen LogP contribution in [0.2, 0.25) is 0 Å². The van der Waals surface area contributed by atoms with Crippen LogP contribution < -0.4 is 5.32 Å². The summed E-state index contributed by atoms with van der Waals surface area (Å²) in [6.07, 6.45) is 2.83. The molecule has 0 aliphatic rings. The van der Waals surface area contributed by atoms with Gasteiger partial charge in [0, 0.05) is 18.4 Å². The summed E-state index contributed by atoms with van der Waals surface area (Å²) in [5.74, 6) is 0.570. The van der Waals surface area contributed by atoms with E-state index in [1.165, 1.54) is 12.1 Å². The number of halogens is 1. The number of aryl methyl sites for hydroxylation is 1. The van der Waals surface area contributed by atoms with E-state index in [1.807, 2.05) is 30.3 Å². The normalized spacial score (nSPS) is 10.8. The van der Waals surface area contributed by atoms with Crippen LogP contribution in [0.15, 0.2) is 65.4 Å². The van der Waals surface area contributed by atoms with Crippen molar-refractivity contribution in [2.45, 2.75) is 25.8 Å². The van der Waals surface area contributed by atoms with E-state index in [0.29, 0.717) is 36.7 Å². The lowest BCUT2D eigenvalue weighted by atomic mass is 10.2. The molecule has 9 heteroatoms. The molecule has 0 spiro atoms. The lowest BCUT2D eigenvalue weighted by Gasteiger charge is -2.01. The van der Waals surface area contributed by atoms with Crippen molar-refractivity contribution in [3.05, 3.63) is 78.2 Å². The Morgan fingerprint density at radius 1 is 1.10 bits per heavy atom. The molecule has 0 aliphatic heterocycles. The standard InChI is InChI=1S/C21H19FN6O2/c22-17-11-9-16(10-12-17)20-25-19(30-27-20)8-4-7-18(29)24-21-23-14-28(26-21)13-15-5-2-1-3-6-15/h1-3,5-6,9-12,14H,4,7-8,13H2,(H,24,26,29). The topological polar surface area (TPSA) is 98.7 Å². The van der Waals surface area contributed by atoms with E-state index in [9.17, 15) is 9.18 Å². The molecule has 0 unspecified atom stereocenters. The SMILES string of the molecule is O=C(CCCc1nc(-c2ccc(F)cc2)no1)Nc1ncn(Cc2ccccc2)n1. The first kappa shape index (κ1) is 19.4. The molecule has 4 aromatic rings. The summed E-state index contributed by atoms with van der Waals surface area (Å²) in [5, 5.41) is 10.8. The smallest absolute Gasteiger partial charge is 0.248 e. The van der Waals surface area contributed by atoms with Gasteiger partial charge in [-0.1, -0.05) is 35.5 Å². The number of carbonyl (C=O) groups excluding carboxylic acids is 1. The summed E-state index contributed by atoms with van der Waals surface area (Å²) in [4.78, 5) is 20.5. The molecule has 2 aromatic carbocycles. The maximum absolute atomic E-state index is 13.0. The second-order valence-corrected chi connectivity index (χ2v) is 6.67. The van der Waals surface area contributed by atoms with Crippen LogP contribution in [0.5, 0.6) is 0 Å². The average molecular weight is 406 g/mol. The summed E-state index contributed by atoms with van der Waals surface area (Å²) in [5.41, 5.74) is 1.76. The molecule has 0 radical (unpaired) electrons. The van der Waals surface area contributed by atoms with E-state index in [1.54, 1.807) is 23.1 Å². The van der Waals surface area contributed by atoms with Gasteiger partial charge < -0.3 is 4.52 Å². The molecule has 2 aromatic heterocycles. The lowest BCUT2D eigenvalue weighted by molar-refractivity contribution is -0.116. The highest BCUT2D eigenvalue weighted by molar-refractivity contribution is 5.88. The Balaban J connectivity index is 1.23. The first-order chi connectivity index (χ1) is 14.7. The largest absolute Gasteiger partial charge is 0.339 e. The van der Waals surface area contributed by atoms with Gasteiger partial charge in [-0.2, -0.15) is 4.98 Å². The highest BCUT2D eigenvalue weighted by Crippen LogP contribution is 2.17. The predicted octanol–water partition coefficient (Wildman–Crippen LogP) is 3.48. The fourth-order valence-corrected chi connectivity index (χ4v) is 2.86. The van der Waals surface area contributed by atoms with Gasteiger partial charge in [0.25, 0.3) is 0 Å². The van der Waals surface area contributed by atoms with E-state index < -0.39 is 0 Å². The zero-order valence-corrected chi connectivity index (χ0v) is 16.0. The number of carbonyl (C=O) groups is 1. The van der Waals surface area contributed by atoms with Gasteiger partial charge >= 0.3 is 0 Å². The minimum Gasteiger partial charge on any atom is -0.339 e. The van der Waals surface area contributed by atoms with Gasteiger partial charge in [0.2, 0.25) is 23.6 Å². The molecule has 0 saturated heterocycles. The molecule has 0 atom stereocenters. The molecule has 30 heavy (non-hydrogen) atoms. The molecule has 2 heterocycles. The number of rotatable bonds is 8. The van der Waals surface area contributed by atoms with Gasteiger partial charge in [0.15, 0.2) is 0 Å². The third-order valence-corrected chi connectivity index (χ3v) is 4.34. The number of hydrogen-bond donors (Lipinski definition) is 1. The summed E-state index contributed by atoms with van der Waals surface area (Å²) in [7, 11) is 0. The Morgan fingerprint density at radius 3 is 2.70 bits per heavy atom. The Labute approximate surface area is 171 Å². The summed E-state index contributed by atoms with van der Waals surface area (Å²) < 4.78 is 19.9. The van der Waals surface area contributed by atoms with E-state index in [0.717, 1.165) is 5.56 Å². The van der Waals surface area contributed by atoms with Crippen LogP contribution in [0.3, 0.4) is 0 Å². The monoisotopic (exact) mass is 406 g/mol. The van der Waals surface area contributed by atoms with Crippen molar-refractivity contribution in [3.8, 4) is 11.4 Å². The van der Waals surface area contributed by atoms with Crippen LogP contribution in [-0.2, 0) is 17.8 Å². The molecule has 0 aliphatic carbocycles. The number of anilines is 1. The molecular formula is C21H19FN6O2. The number of aromatic nitrogens is 5. The maximum Gasteiger partial charge on any atom is 0.248 e. The van der Waals surface area contributed by atoms with Gasteiger partial charge in [0.05, 0.1) is 6.54 Å². The average Bonchev–Trinajstić information content (AvgIpc) is 3.39. The van der Waals surface area contributed by atoms with Gasteiger partial charge in [0.1, 0.15) is 12.1 Å². The minimum atomic E-state index is -0.326. The van der Waals surface area contributed by atoms with Crippen LogP contribution in [0, 0.1) is 5.82 Å². The molecule has 4 rings (SSSR count). The van der Waals surface area contributed by atoms with Gasteiger partial charge in [-0.05, 0) is 36.2 Å². The number of nitrogens with one attached hydrogen (secondary N) is 1. The Bertz CT molecular complexity index is 1110. The zero-order chi connectivity index (χ0) is 20.8. The highest BCUT2D eigenvalue weighted by atomic mass is 19.1. The molecule has 1 amide bonds. The molecule has 1 N–H and O–H groups in total. The van der Waals surface area contributed by atoms with Crippen molar-refractivity contribution in [3.63, 3.8) is 0 Å². The summed E-state index contributed by atoms with van der Waals surface area (Å²) in [6.45, 7) is 0.581. The Kier molecular flexibility index (Phi) is 5.88. The van der Waals surface area contributed by atoms with Crippen LogP contribution >= 0.6 is 0 Å². The summed E-state index contributed by atoms with van der Waals surface area (Å²) >= 11 is 0. The Morgan fingerprint density at radius 2 is 1.90 bits per heavy atom. The first-order valence-electron chi connectivity index (χ1n) is 9.47. The fraction of sp³-hybridized carbons (Fsp3) is 0.190. The number of hydrogen-bond acceptors (Lipinski definition) is 6. The third-order valence-electron chi connectivity index (χ3n) is 4.34. The van der Waals surface area contributed by atoms with Crippen LogP contribution in [0.4, 0.5) is 10.3 Å². The quantitative estimate of drug-likeness (QED) is 0.481. The predicted molar refractivity (Wildman–Crippen MR) is 107 cm³/mol. The van der Waals surface area contributed by atoms with E-state index in [4.69, 9.17) is 4.52 Å². The highest BCUT2D eigenvalue weighted by Gasteiger charge is 2.11. The van der Waals surface area contributed by atoms with Crippen molar-refractivity contribution in [1.29, 1.82) is 0 Å². The second-order valence-electron chi connectivity index (χ2n) is 6.67. The van der Waals surface area contributed by atoms with Gasteiger partial charge in [-0.3, -0.25) is 10.1 Å². The summed E-state index contributed by atoms with van der Waals surface area (Å²) in [6, 6.07) is 15.7. The van der Waals surface area contributed by atoms with Crippen LogP contribution in [0.1, 0.15) is 24.3 Å². The molecule has 0 fully saturated rings. The van der Waals surface area contributed by atoms with Crippen molar-refractivity contribution in [2.75, 3.05) is 5.32 Å². The molecule has 0 bridgehead atoms. The van der Waals surface area contributed by atoms with Crippen molar-refractivity contribution < 1.29 is 13.7 Å². The molecule has 8 nitrogen and oxygen atoms in total.